The SMILES string of the molecule is Cc1ccc(C)c(NC(=O)C(=O)Nn2c(C(=O)Nc3ccc(C)c(Cl)c3)cc3cc(Cl)ccc32)c1. The Bertz CT molecular complexity index is 1490. The number of carbonyl (C=O) groups is 3. The average molecular weight is 509 g/mol. The molecule has 0 radical (unpaired) electrons. The average Bonchev–Trinajstić information content (AvgIpc) is 3.16. The first-order valence-corrected chi connectivity index (χ1v) is 11.5. The summed E-state index contributed by atoms with van der Waals surface area (Å²) in [4.78, 5) is 38.6. The highest BCUT2D eigenvalue weighted by molar-refractivity contribution is 6.42. The van der Waals surface area contributed by atoms with Crippen molar-refractivity contribution in [1.82, 2.24) is 4.68 Å². The van der Waals surface area contributed by atoms with E-state index in [-0.39, 0.29) is 5.69 Å². The normalized spacial score (nSPS) is 10.8. The van der Waals surface area contributed by atoms with Crippen molar-refractivity contribution in [2.24, 2.45) is 0 Å². The predicted molar refractivity (Wildman–Crippen MR) is 140 cm³/mol. The van der Waals surface area contributed by atoms with Crippen LogP contribution in [-0.2, 0) is 9.59 Å². The molecule has 0 aliphatic heterocycles. The molecule has 3 aromatic carbocycles. The van der Waals surface area contributed by atoms with Gasteiger partial charge >= 0.3 is 11.8 Å². The van der Waals surface area contributed by atoms with Gasteiger partial charge in [0.2, 0.25) is 0 Å². The number of aryl methyl sites for hydroxylation is 3. The van der Waals surface area contributed by atoms with Crippen LogP contribution in [0, 0.1) is 20.8 Å². The standard InChI is InChI=1S/C26H22Cl2N4O3/c1-14-4-5-16(3)21(10-14)30-25(34)26(35)31-32-22-9-7-18(27)11-17(22)12-23(32)24(33)29-19-8-6-15(2)20(28)13-19/h4-13H,1-3H3,(H,29,33)(H,30,34)(H,31,35). The molecule has 0 atom stereocenters. The number of fused-ring (bicyclic) bond motifs is 1. The van der Waals surface area contributed by atoms with Crippen LogP contribution in [0.2, 0.25) is 10.0 Å². The summed E-state index contributed by atoms with van der Waals surface area (Å²) >= 11 is 12.3. The van der Waals surface area contributed by atoms with Crippen LogP contribution in [0.1, 0.15) is 27.2 Å². The van der Waals surface area contributed by atoms with Crippen molar-refractivity contribution >= 4 is 63.2 Å². The summed E-state index contributed by atoms with van der Waals surface area (Å²) in [6.07, 6.45) is 0. The van der Waals surface area contributed by atoms with Crippen molar-refractivity contribution in [3.8, 4) is 0 Å². The molecular weight excluding hydrogens is 487 g/mol. The van der Waals surface area contributed by atoms with E-state index in [0.29, 0.717) is 32.3 Å². The molecule has 4 aromatic rings. The number of hydrogen-bond acceptors (Lipinski definition) is 3. The number of benzene rings is 3. The molecule has 7 nitrogen and oxygen atoms in total. The van der Waals surface area contributed by atoms with Crippen LogP contribution in [0.25, 0.3) is 10.9 Å². The maximum atomic E-state index is 13.2. The third-order valence-corrected chi connectivity index (χ3v) is 6.13. The molecule has 3 N–H and O–H groups in total. The van der Waals surface area contributed by atoms with Crippen LogP contribution in [0.15, 0.2) is 60.7 Å². The lowest BCUT2D eigenvalue weighted by atomic mass is 10.1. The van der Waals surface area contributed by atoms with Crippen molar-refractivity contribution in [1.29, 1.82) is 0 Å². The zero-order chi connectivity index (χ0) is 25.3. The van der Waals surface area contributed by atoms with Crippen LogP contribution in [0.3, 0.4) is 0 Å². The highest BCUT2D eigenvalue weighted by Gasteiger charge is 2.22. The molecule has 9 heteroatoms. The van der Waals surface area contributed by atoms with Gasteiger partial charge in [-0.25, -0.2) is 4.68 Å². The number of nitrogens with zero attached hydrogens (tertiary/aromatic N) is 1. The van der Waals surface area contributed by atoms with Gasteiger partial charge < -0.3 is 10.6 Å². The van der Waals surface area contributed by atoms with Crippen LogP contribution < -0.4 is 16.1 Å². The number of halogens is 2. The first kappa shape index (κ1) is 24.3. The molecule has 1 aromatic heterocycles. The fraction of sp³-hybridized carbons (Fsp3) is 0.115. The van der Waals surface area contributed by atoms with Gasteiger partial charge in [-0.2, -0.15) is 0 Å². The van der Waals surface area contributed by atoms with Crippen molar-refractivity contribution in [2.45, 2.75) is 20.8 Å². The topological polar surface area (TPSA) is 92.2 Å². The van der Waals surface area contributed by atoms with E-state index in [9.17, 15) is 14.4 Å². The number of rotatable bonds is 4. The molecule has 0 bridgehead atoms. The van der Waals surface area contributed by atoms with Gasteiger partial charge in [-0.3, -0.25) is 19.8 Å². The van der Waals surface area contributed by atoms with Crippen LogP contribution in [0.4, 0.5) is 11.4 Å². The Labute approximate surface area is 212 Å². The Balaban J connectivity index is 1.64. The zero-order valence-corrected chi connectivity index (χ0v) is 20.7. The van der Waals surface area contributed by atoms with E-state index in [1.807, 2.05) is 32.9 Å². The minimum Gasteiger partial charge on any atom is -0.321 e. The third-order valence-electron chi connectivity index (χ3n) is 5.49. The highest BCUT2D eigenvalue weighted by Crippen LogP contribution is 2.25. The number of amides is 3. The van der Waals surface area contributed by atoms with E-state index in [0.717, 1.165) is 16.7 Å². The Morgan fingerprint density at radius 2 is 1.51 bits per heavy atom. The third kappa shape index (κ3) is 5.31. The summed E-state index contributed by atoms with van der Waals surface area (Å²) in [5, 5.41) is 6.97. The molecular formula is C26H22Cl2N4O3. The van der Waals surface area contributed by atoms with Crippen LogP contribution >= 0.6 is 23.2 Å². The van der Waals surface area contributed by atoms with E-state index in [1.54, 1.807) is 48.5 Å². The fourth-order valence-corrected chi connectivity index (χ4v) is 3.90. The summed E-state index contributed by atoms with van der Waals surface area (Å²) in [6.45, 7) is 5.57. The lowest BCUT2D eigenvalue weighted by Gasteiger charge is -2.14. The van der Waals surface area contributed by atoms with Crippen molar-refractivity contribution in [2.75, 3.05) is 16.1 Å². The molecule has 1 heterocycles. The Morgan fingerprint density at radius 3 is 2.26 bits per heavy atom. The molecule has 178 valence electrons. The van der Waals surface area contributed by atoms with Gasteiger partial charge in [-0.05, 0) is 79.9 Å². The van der Waals surface area contributed by atoms with Gasteiger partial charge in [0.25, 0.3) is 5.91 Å². The van der Waals surface area contributed by atoms with Gasteiger partial charge in [0.15, 0.2) is 0 Å². The summed E-state index contributed by atoms with van der Waals surface area (Å²) < 4.78 is 1.27. The summed E-state index contributed by atoms with van der Waals surface area (Å²) in [7, 11) is 0. The first-order chi connectivity index (χ1) is 16.6. The quantitative estimate of drug-likeness (QED) is 0.302. The summed E-state index contributed by atoms with van der Waals surface area (Å²) in [5.41, 5.74) is 6.77. The lowest BCUT2D eigenvalue weighted by molar-refractivity contribution is -0.133. The second-order valence-electron chi connectivity index (χ2n) is 8.20. The Kier molecular flexibility index (Phi) is 6.82. The molecule has 3 amide bonds. The number of carbonyl (C=O) groups excluding carboxylic acids is 3. The molecule has 0 spiro atoms. The number of anilines is 2. The number of hydrogen-bond donors (Lipinski definition) is 3. The second-order valence-corrected chi connectivity index (χ2v) is 9.04. The van der Waals surface area contributed by atoms with Crippen molar-refractivity contribution in [3.63, 3.8) is 0 Å². The van der Waals surface area contributed by atoms with Crippen molar-refractivity contribution in [3.05, 3.63) is 93.1 Å². The first-order valence-electron chi connectivity index (χ1n) is 10.7. The molecule has 4 rings (SSSR count). The maximum Gasteiger partial charge on any atom is 0.328 e. The van der Waals surface area contributed by atoms with E-state index < -0.39 is 17.7 Å². The van der Waals surface area contributed by atoms with E-state index in [2.05, 4.69) is 16.1 Å². The summed E-state index contributed by atoms with van der Waals surface area (Å²) in [5.74, 6) is -2.32. The van der Waals surface area contributed by atoms with Gasteiger partial charge in [-0.1, -0.05) is 41.4 Å². The van der Waals surface area contributed by atoms with Gasteiger partial charge in [0.1, 0.15) is 5.69 Å². The smallest absolute Gasteiger partial charge is 0.321 e. The Hall–Kier alpha value is -3.81. The van der Waals surface area contributed by atoms with Crippen LogP contribution in [-0.4, -0.2) is 22.4 Å². The van der Waals surface area contributed by atoms with E-state index in [4.69, 9.17) is 23.2 Å². The maximum absolute atomic E-state index is 13.2. The molecule has 0 unspecified atom stereocenters. The summed E-state index contributed by atoms with van der Waals surface area (Å²) in [6, 6.07) is 17.2. The van der Waals surface area contributed by atoms with Gasteiger partial charge in [0.05, 0.1) is 5.52 Å². The molecule has 35 heavy (non-hydrogen) atoms. The van der Waals surface area contributed by atoms with E-state index in [1.165, 1.54) is 4.68 Å². The monoisotopic (exact) mass is 508 g/mol. The molecule has 0 saturated carbocycles. The molecule has 0 aliphatic rings. The number of aromatic nitrogens is 1. The minimum atomic E-state index is -0.939. The zero-order valence-electron chi connectivity index (χ0n) is 19.2. The number of nitrogens with one attached hydrogen (secondary N) is 3. The van der Waals surface area contributed by atoms with E-state index >= 15 is 0 Å². The fourth-order valence-electron chi connectivity index (χ4n) is 3.54. The Morgan fingerprint density at radius 1 is 0.771 bits per heavy atom. The lowest BCUT2D eigenvalue weighted by Crippen LogP contribution is -2.36. The second kappa shape index (κ2) is 9.82. The molecule has 0 fully saturated rings. The van der Waals surface area contributed by atoms with Gasteiger partial charge in [0, 0.05) is 26.8 Å². The predicted octanol–water partition coefficient (Wildman–Crippen LogP) is 5.83. The van der Waals surface area contributed by atoms with Crippen LogP contribution in [0.5, 0.6) is 0 Å². The molecule has 0 aliphatic carbocycles. The largest absolute Gasteiger partial charge is 0.328 e. The van der Waals surface area contributed by atoms with Gasteiger partial charge in [-0.15, -0.1) is 0 Å². The minimum absolute atomic E-state index is 0.104. The highest BCUT2D eigenvalue weighted by atomic mass is 35.5. The van der Waals surface area contributed by atoms with Crippen molar-refractivity contribution < 1.29 is 14.4 Å². The molecule has 0 saturated heterocycles.